The number of para-hydroxylation sites is 1. The smallest absolute Gasteiger partial charge is 0.227 e. The maximum atomic E-state index is 12.9. The first-order chi connectivity index (χ1) is 14.5. The third-order valence-electron chi connectivity index (χ3n) is 5.56. The van der Waals surface area contributed by atoms with E-state index in [1.807, 2.05) is 43.0 Å². The van der Waals surface area contributed by atoms with Crippen LogP contribution in [0.5, 0.6) is 5.75 Å². The summed E-state index contributed by atoms with van der Waals surface area (Å²) in [6, 6.07) is 7.93. The van der Waals surface area contributed by atoms with E-state index in [1.54, 1.807) is 24.6 Å². The Morgan fingerprint density at radius 1 is 1.33 bits per heavy atom. The average Bonchev–Trinajstić information content (AvgIpc) is 3.34. The minimum atomic E-state index is 0.137. The maximum absolute atomic E-state index is 12.9. The molecule has 0 saturated carbocycles. The van der Waals surface area contributed by atoms with Gasteiger partial charge in [0.1, 0.15) is 11.5 Å². The van der Waals surface area contributed by atoms with Gasteiger partial charge in [0.15, 0.2) is 5.89 Å². The third-order valence-corrected chi connectivity index (χ3v) is 6.64. The molecule has 3 aromatic rings. The number of carbonyl (C=O) groups is 1. The van der Waals surface area contributed by atoms with Crippen LogP contribution < -0.4 is 4.74 Å². The van der Waals surface area contributed by atoms with E-state index >= 15 is 0 Å². The number of nitrogens with zero attached hydrogens (tertiary/aromatic N) is 3. The van der Waals surface area contributed by atoms with Crippen LogP contribution in [0, 0.1) is 13.8 Å². The summed E-state index contributed by atoms with van der Waals surface area (Å²) in [5.41, 5.74) is 2.03. The second-order valence-corrected chi connectivity index (χ2v) is 9.04. The molecule has 2 aromatic heterocycles. The van der Waals surface area contributed by atoms with Crippen LogP contribution in [0.4, 0.5) is 0 Å². The fourth-order valence-corrected chi connectivity index (χ4v) is 4.95. The fourth-order valence-electron chi connectivity index (χ4n) is 4.02. The van der Waals surface area contributed by atoms with E-state index in [-0.39, 0.29) is 11.8 Å². The summed E-state index contributed by atoms with van der Waals surface area (Å²) in [4.78, 5) is 24.8. The van der Waals surface area contributed by atoms with Crippen molar-refractivity contribution < 1.29 is 13.9 Å². The lowest BCUT2D eigenvalue weighted by molar-refractivity contribution is -0.131. The molecular formula is C23H27N3O3S. The quantitative estimate of drug-likeness (QED) is 0.589. The Kier molecular flexibility index (Phi) is 6.18. The number of aromatic nitrogens is 2. The second kappa shape index (κ2) is 9.00. The van der Waals surface area contributed by atoms with Crippen molar-refractivity contribution in [2.75, 3.05) is 20.2 Å². The molecule has 6 nitrogen and oxygen atoms in total. The molecule has 1 aromatic carbocycles. The van der Waals surface area contributed by atoms with Crippen molar-refractivity contribution in [2.24, 2.45) is 0 Å². The van der Waals surface area contributed by atoms with Crippen LogP contribution in [-0.4, -0.2) is 41.0 Å². The first kappa shape index (κ1) is 20.6. The van der Waals surface area contributed by atoms with Crippen LogP contribution in [0.3, 0.4) is 0 Å². The van der Waals surface area contributed by atoms with E-state index in [9.17, 15) is 4.79 Å². The van der Waals surface area contributed by atoms with Gasteiger partial charge in [-0.2, -0.15) is 0 Å². The molecule has 158 valence electrons. The number of piperidine rings is 1. The first-order valence-corrected chi connectivity index (χ1v) is 11.1. The monoisotopic (exact) mass is 425 g/mol. The number of methoxy groups -OCH3 is 1. The highest BCUT2D eigenvalue weighted by molar-refractivity contribution is 7.11. The molecule has 1 fully saturated rings. The van der Waals surface area contributed by atoms with Gasteiger partial charge >= 0.3 is 0 Å². The lowest BCUT2D eigenvalue weighted by Gasteiger charge is -2.31. The Bertz CT molecular complexity index is 1030. The predicted octanol–water partition coefficient (Wildman–Crippen LogP) is 4.30. The van der Waals surface area contributed by atoms with Crippen LogP contribution >= 0.6 is 11.3 Å². The summed E-state index contributed by atoms with van der Waals surface area (Å²) in [5.74, 6) is 2.68. The minimum absolute atomic E-state index is 0.137. The van der Waals surface area contributed by atoms with Crippen LogP contribution in [-0.2, 0) is 17.6 Å². The summed E-state index contributed by atoms with van der Waals surface area (Å²) in [7, 11) is 1.67. The Morgan fingerprint density at radius 3 is 2.93 bits per heavy atom. The fraction of sp³-hybridized carbons (Fsp3) is 0.435. The zero-order valence-electron chi connectivity index (χ0n) is 17.7. The number of aryl methyl sites for hydroxylation is 2. The topological polar surface area (TPSA) is 68.5 Å². The highest BCUT2D eigenvalue weighted by atomic mass is 32.1. The maximum Gasteiger partial charge on any atom is 0.227 e. The molecule has 1 aliphatic rings. The van der Waals surface area contributed by atoms with Gasteiger partial charge in [0.2, 0.25) is 5.91 Å². The van der Waals surface area contributed by atoms with E-state index in [0.717, 1.165) is 57.9 Å². The summed E-state index contributed by atoms with van der Waals surface area (Å²) >= 11 is 1.61. The number of carbonyl (C=O) groups excluding carboxylic acids is 1. The number of likely N-dealkylation sites (tertiary alicyclic amines) is 1. The average molecular weight is 426 g/mol. The van der Waals surface area contributed by atoms with E-state index in [0.29, 0.717) is 19.4 Å². The molecule has 3 heterocycles. The zero-order valence-corrected chi connectivity index (χ0v) is 18.5. The molecule has 1 saturated heterocycles. The lowest BCUT2D eigenvalue weighted by atomic mass is 9.97. The van der Waals surface area contributed by atoms with Crippen LogP contribution in [0.1, 0.15) is 51.6 Å². The molecule has 4 rings (SSSR count). The molecule has 7 heteroatoms. The van der Waals surface area contributed by atoms with E-state index in [2.05, 4.69) is 9.97 Å². The van der Waals surface area contributed by atoms with Crippen LogP contribution in [0.15, 0.2) is 34.9 Å². The Balaban J connectivity index is 1.41. The zero-order chi connectivity index (χ0) is 21.1. The van der Waals surface area contributed by atoms with Gasteiger partial charge in [-0.05, 0) is 32.8 Å². The van der Waals surface area contributed by atoms with Gasteiger partial charge in [-0.1, -0.05) is 18.2 Å². The van der Waals surface area contributed by atoms with E-state index in [4.69, 9.17) is 9.15 Å². The van der Waals surface area contributed by atoms with Gasteiger partial charge in [-0.25, -0.2) is 9.97 Å². The Morgan fingerprint density at radius 2 is 2.17 bits per heavy atom. The van der Waals surface area contributed by atoms with Crippen molar-refractivity contribution in [3.8, 4) is 5.75 Å². The van der Waals surface area contributed by atoms with Crippen molar-refractivity contribution in [2.45, 2.75) is 45.4 Å². The SMILES string of the molecule is COc1ccccc1Cc1cnc([C@H]2CCCN(C(=O)Cc3sc(C)nc3C)C2)o1. The van der Waals surface area contributed by atoms with Crippen LogP contribution in [0.2, 0.25) is 0 Å². The van der Waals surface area contributed by atoms with Crippen molar-refractivity contribution >= 4 is 17.2 Å². The standard InChI is InChI=1S/C23H27N3O3S/c1-15-21(30-16(2)25-15)12-22(27)26-10-6-8-18(14-26)23-24-13-19(29-23)11-17-7-4-5-9-20(17)28-3/h4-5,7,9,13,18H,6,8,10-12,14H2,1-3H3/t18-/m0/s1. The van der Waals surface area contributed by atoms with Gasteiger partial charge < -0.3 is 14.1 Å². The lowest BCUT2D eigenvalue weighted by Crippen LogP contribution is -2.40. The molecule has 0 N–H and O–H groups in total. The number of hydrogen-bond donors (Lipinski definition) is 0. The van der Waals surface area contributed by atoms with E-state index in [1.165, 1.54) is 0 Å². The van der Waals surface area contributed by atoms with E-state index < -0.39 is 0 Å². The van der Waals surface area contributed by atoms with Gasteiger partial charge in [-0.15, -0.1) is 11.3 Å². The molecule has 1 atom stereocenters. The molecule has 30 heavy (non-hydrogen) atoms. The molecule has 0 radical (unpaired) electrons. The van der Waals surface area contributed by atoms with Gasteiger partial charge in [0.05, 0.1) is 36.3 Å². The van der Waals surface area contributed by atoms with Crippen molar-refractivity contribution in [1.29, 1.82) is 0 Å². The number of hydrogen-bond acceptors (Lipinski definition) is 6. The molecule has 0 aliphatic carbocycles. The summed E-state index contributed by atoms with van der Waals surface area (Å²) < 4.78 is 11.5. The summed E-state index contributed by atoms with van der Waals surface area (Å²) in [6.07, 6.45) is 4.80. The number of amides is 1. The number of thiazole rings is 1. The predicted molar refractivity (Wildman–Crippen MR) is 116 cm³/mol. The molecule has 0 spiro atoms. The normalized spacial score (nSPS) is 16.6. The van der Waals surface area contributed by atoms with Crippen molar-refractivity contribution in [1.82, 2.24) is 14.9 Å². The minimum Gasteiger partial charge on any atom is -0.496 e. The summed E-state index contributed by atoms with van der Waals surface area (Å²) in [5, 5.41) is 1.01. The number of benzene rings is 1. The Labute approximate surface area is 180 Å². The molecule has 1 amide bonds. The highest BCUT2D eigenvalue weighted by Gasteiger charge is 2.28. The highest BCUT2D eigenvalue weighted by Crippen LogP contribution is 2.29. The van der Waals surface area contributed by atoms with Crippen molar-refractivity contribution in [3.63, 3.8) is 0 Å². The molecule has 0 unspecified atom stereocenters. The number of rotatable bonds is 6. The van der Waals surface area contributed by atoms with Gasteiger partial charge in [0.25, 0.3) is 0 Å². The van der Waals surface area contributed by atoms with Gasteiger partial charge in [-0.3, -0.25) is 4.79 Å². The summed E-state index contributed by atoms with van der Waals surface area (Å²) in [6.45, 7) is 5.40. The molecule has 1 aliphatic heterocycles. The Hall–Kier alpha value is -2.67. The van der Waals surface area contributed by atoms with Crippen LogP contribution in [0.25, 0.3) is 0 Å². The second-order valence-electron chi connectivity index (χ2n) is 7.75. The third kappa shape index (κ3) is 4.56. The number of oxazole rings is 1. The molecule has 0 bridgehead atoms. The van der Waals surface area contributed by atoms with Crippen molar-refractivity contribution in [3.05, 3.63) is 63.3 Å². The van der Waals surface area contributed by atoms with Gasteiger partial charge in [0, 0.05) is 30.0 Å². The molecular weight excluding hydrogens is 398 g/mol. The number of ether oxygens (including phenoxy) is 1. The first-order valence-electron chi connectivity index (χ1n) is 10.3. The largest absolute Gasteiger partial charge is 0.496 e.